The molecule has 13 heteroatoms. The van der Waals surface area contributed by atoms with E-state index in [9.17, 15) is 28.0 Å². The maximum absolute atomic E-state index is 12.7. The van der Waals surface area contributed by atoms with Crippen LogP contribution in [-0.4, -0.2) is 62.4 Å². The van der Waals surface area contributed by atoms with E-state index in [4.69, 9.17) is 16.3 Å². The first kappa shape index (κ1) is 24.6. The lowest BCUT2D eigenvalue weighted by atomic mass is 10.2. The molecule has 1 atom stereocenters. The van der Waals surface area contributed by atoms with Gasteiger partial charge in [-0.15, -0.1) is 11.3 Å². The van der Waals surface area contributed by atoms with Gasteiger partial charge in [-0.1, -0.05) is 11.6 Å². The fraction of sp³-hybridized carbons (Fsp3) is 0.300. The summed E-state index contributed by atoms with van der Waals surface area (Å²) in [5, 5.41) is 6.83. The molecule has 0 aliphatic carbocycles. The molecule has 1 aliphatic heterocycles. The van der Waals surface area contributed by atoms with Crippen molar-refractivity contribution in [2.24, 2.45) is 0 Å². The van der Waals surface area contributed by atoms with Crippen molar-refractivity contribution in [2.75, 3.05) is 36.5 Å². The summed E-state index contributed by atoms with van der Waals surface area (Å²) in [6.45, 7) is 0.340. The topological polar surface area (TPSA) is 117 Å². The van der Waals surface area contributed by atoms with Crippen LogP contribution in [0.15, 0.2) is 36.4 Å². The Kier molecular flexibility index (Phi) is 8.31. The number of alkyl halides is 2. The number of amides is 4. The molecule has 1 fully saturated rings. The van der Waals surface area contributed by atoms with Gasteiger partial charge in [0.25, 0.3) is 17.7 Å². The van der Waals surface area contributed by atoms with E-state index in [0.29, 0.717) is 28.9 Å². The first-order valence-electron chi connectivity index (χ1n) is 9.65. The van der Waals surface area contributed by atoms with Crippen LogP contribution in [0, 0.1) is 0 Å². The summed E-state index contributed by atoms with van der Waals surface area (Å²) in [7, 11) is 0. The van der Waals surface area contributed by atoms with Crippen LogP contribution in [0.25, 0.3) is 0 Å². The van der Waals surface area contributed by atoms with E-state index < -0.39 is 36.7 Å². The first-order chi connectivity index (χ1) is 15.7. The Morgan fingerprint density at radius 1 is 1.12 bits per heavy atom. The minimum atomic E-state index is -3.34. The largest absolute Gasteiger partial charge is 0.370 e. The number of hydrogen-bond acceptors (Lipinski definition) is 6. The van der Waals surface area contributed by atoms with Gasteiger partial charge in [0.1, 0.15) is 12.6 Å². The summed E-state index contributed by atoms with van der Waals surface area (Å²) in [5.74, 6) is -3.24. The highest BCUT2D eigenvalue weighted by atomic mass is 35.5. The number of thiophene rings is 1. The van der Waals surface area contributed by atoms with Crippen LogP contribution < -0.4 is 20.9 Å². The van der Waals surface area contributed by atoms with Gasteiger partial charge >= 0.3 is 6.43 Å². The number of hydrogen-bond donors (Lipinski definition) is 3. The number of ether oxygens (including phenoxy) is 1. The Labute approximate surface area is 196 Å². The molecule has 0 saturated carbocycles. The van der Waals surface area contributed by atoms with Gasteiger partial charge in [-0.2, -0.15) is 8.78 Å². The summed E-state index contributed by atoms with van der Waals surface area (Å²) in [5.41, 5.74) is 0.905. The lowest BCUT2D eigenvalue weighted by molar-refractivity contribution is -0.134. The van der Waals surface area contributed by atoms with Crippen molar-refractivity contribution in [3.8, 4) is 0 Å². The van der Waals surface area contributed by atoms with E-state index in [1.807, 2.05) is 5.32 Å². The predicted molar refractivity (Wildman–Crippen MR) is 118 cm³/mol. The van der Waals surface area contributed by atoms with Crippen LogP contribution in [0.4, 0.5) is 20.2 Å². The fourth-order valence-corrected chi connectivity index (χ4v) is 3.87. The Morgan fingerprint density at radius 2 is 1.85 bits per heavy atom. The third kappa shape index (κ3) is 6.70. The van der Waals surface area contributed by atoms with Crippen LogP contribution >= 0.6 is 22.9 Å². The van der Waals surface area contributed by atoms with Crippen molar-refractivity contribution in [1.29, 1.82) is 0 Å². The zero-order valence-electron chi connectivity index (χ0n) is 17.0. The molecule has 3 N–H and O–H groups in total. The van der Waals surface area contributed by atoms with Crippen molar-refractivity contribution in [2.45, 2.75) is 12.5 Å². The van der Waals surface area contributed by atoms with Crippen molar-refractivity contribution in [1.82, 2.24) is 10.6 Å². The third-order valence-corrected chi connectivity index (χ3v) is 5.76. The smallest absolute Gasteiger partial charge is 0.315 e. The van der Waals surface area contributed by atoms with Crippen LogP contribution in [0.1, 0.15) is 9.67 Å². The quantitative estimate of drug-likeness (QED) is 0.512. The summed E-state index contributed by atoms with van der Waals surface area (Å²) >= 11 is 6.79. The first-order valence-corrected chi connectivity index (χ1v) is 10.8. The number of halogens is 3. The minimum Gasteiger partial charge on any atom is -0.370 e. The molecule has 3 rings (SSSR count). The second-order valence-electron chi connectivity index (χ2n) is 6.81. The van der Waals surface area contributed by atoms with Gasteiger partial charge in [0.2, 0.25) is 5.91 Å². The average molecular weight is 501 g/mol. The monoisotopic (exact) mass is 500 g/mol. The summed E-state index contributed by atoms with van der Waals surface area (Å²) < 4.78 is 30.9. The molecular weight excluding hydrogens is 482 g/mol. The summed E-state index contributed by atoms with van der Waals surface area (Å²) in [4.78, 5) is 50.0. The zero-order chi connectivity index (χ0) is 24.0. The number of carbonyl (C=O) groups excluding carboxylic acids is 4. The van der Waals surface area contributed by atoms with E-state index in [1.54, 1.807) is 12.1 Å². The van der Waals surface area contributed by atoms with Crippen LogP contribution in [0.5, 0.6) is 0 Å². The SMILES string of the molecule is O=C(NC[C@@H](NC(=O)C(F)F)C(=O)Nc1ccc(N2CCOCC2=O)cc1)c1ccc(Cl)s1. The van der Waals surface area contributed by atoms with Gasteiger partial charge in [0, 0.05) is 24.5 Å². The molecule has 1 aromatic heterocycles. The Bertz CT molecular complexity index is 1030. The van der Waals surface area contributed by atoms with Crippen molar-refractivity contribution in [3.05, 3.63) is 45.6 Å². The van der Waals surface area contributed by atoms with E-state index in [-0.39, 0.29) is 17.4 Å². The van der Waals surface area contributed by atoms with E-state index in [1.165, 1.54) is 29.2 Å². The molecule has 1 saturated heterocycles. The second-order valence-corrected chi connectivity index (χ2v) is 8.52. The molecule has 0 unspecified atom stereocenters. The zero-order valence-corrected chi connectivity index (χ0v) is 18.6. The highest BCUT2D eigenvalue weighted by molar-refractivity contribution is 7.18. The maximum Gasteiger partial charge on any atom is 0.315 e. The van der Waals surface area contributed by atoms with E-state index in [0.717, 1.165) is 11.3 Å². The van der Waals surface area contributed by atoms with Crippen LogP contribution in [0.3, 0.4) is 0 Å². The molecule has 9 nitrogen and oxygen atoms in total. The Balaban J connectivity index is 1.65. The van der Waals surface area contributed by atoms with Crippen molar-refractivity contribution < 1.29 is 32.7 Å². The van der Waals surface area contributed by atoms with Crippen LogP contribution in [0.2, 0.25) is 4.34 Å². The Hall–Kier alpha value is -3.09. The number of morpholine rings is 1. The van der Waals surface area contributed by atoms with Gasteiger partial charge in [-0.25, -0.2) is 0 Å². The molecule has 176 valence electrons. The highest BCUT2D eigenvalue weighted by Crippen LogP contribution is 2.21. The van der Waals surface area contributed by atoms with E-state index >= 15 is 0 Å². The lowest BCUT2D eigenvalue weighted by Gasteiger charge is -2.27. The van der Waals surface area contributed by atoms with Crippen molar-refractivity contribution in [3.63, 3.8) is 0 Å². The van der Waals surface area contributed by atoms with Crippen molar-refractivity contribution >= 4 is 57.9 Å². The molecule has 4 amide bonds. The van der Waals surface area contributed by atoms with Gasteiger partial charge in [-0.05, 0) is 36.4 Å². The number of anilines is 2. The average Bonchev–Trinajstić information content (AvgIpc) is 3.23. The molecule has 0 radical (unpaired) electrons. The molecule has 2 aromatic rings. The molecule has 2 heterocycles. The third-order valence-electron chi connectivity index (χ3n) is 4.53. The van der Waals surface area contributed by atoms with E-state index in [2.05, 4.69) is 10.6 Å². The fourth-order valence-electron chi connectivity index (χ4n) is 2.91. The summed E-state index contributed by atoms with van der Waals surface area (Å²) in [6.07, 6.45) is -3.34. The van der Waals surface area contributed by atoms with Crippen LogP contribution in [-0.2, 0) is 19.1 Å². The highest BCUT2D eigenvalue weighted by Gasteiger charge is 2.26. The minimum absolute atomic E-state index is 0.0204. The molecule has 1 aliphatic rings. The number of nitrogens with zero attached hydrogens (tertiary/aromatic N) is 1. The number of carbonyl (C=O) groups is 4. The van der Waals surface area contributed by atoms with Gasteiger partial charge < -0.3 is 25.6 Å². The number of rotatable bonds is 8. The Morgan fingerprint density at radius 3 is 2.45 bits per heavy atom. The number of nitrogens with one attached hydrogen (secondary N) is 3. The molecular formula is C20H19ClF2N4O5S. The maximum atomic E-state index is 12.7. The molecule has 0 bridgehead atoms. The molecule has 33 heavy (non-hydrogen) atoms. The standard InChI is InChI=1S/C20H19ClF2N4O5S/c21-15-6-5-14(33-15)19(30)24-9-13(26-20(31)17(22)23)18(29)25-11-1-3-12(4-2-11)27-7-8-32-10-16(27)28/h1-6,13,17H,7-10H2,(H,24,30)(H,25,29)(H,26,31)/t13-/m1/s1. The van der Waals surface area contributed by atoms with Gasteiger partial charge in [0.15, 0.2) is 0 Å². The molecule has 0 spiro atoms. The molecule has 1 aromatic carbocycles. The summed E-state index contributed by atoms with van der Waals surface area (Å²) in [6, 6.07) is 7.77. The predicted octanol–water partition coefficient (Wildman–Crippen LogP) is 1.88. The normalized spacial score (nSPS) is 14.7. The second kappa shape index (κ2) is 11.2. The number of benzene rings is 1. The van der Waals surface area contributed by atoms with Gasteiger partial charge in [-0.3, -0.25) is 19.2 Å². The van der Waals surface area contributed by atoms with Gasteiger partial charge in [0.05, 0.1) is 15.8 Å². The lowest BCUT2D eigenvalue weighted by Crippen LogP contribution is -2.52.